The van der Waals surface area contributed by atoms with Gasteiger partial charge in [0.15, 0.2) is 0 Å². The van der Waals surface area contributed by atoms with Crippen molar-refractivity contribution in [2.75, 3.05) is 13.1 Å². The number of nitrogens with one attached hydrogen (secondary N) is 1. The lowest BCUT2D eigenvalue weighted by Crippen LogP contribution is -2.46. The summed E-state index contributed by atoms with van der Waals surface area (Å²) < 4.78 is 39.8. The molecule has 1 amide bonds. The van der Waals surface area contributed by atoms with Gasteiger partial charge in [-0.25, -0.2) is 12.8 Å². The van der Waals surface area contributed by atoms with Crippen LogP contribution in [0.3, 0.4) is 0 Å². The van der Waals surface area contributed by atoms with Gasteiger partial charge in [0.1, 0.15) is 16.8 Å². The molecule has 0 aromatic heterocycles. The molecule has 0 aliphatic carbocycles. The molecule has 132 valence electrons. The van der Waals surface area contributed by atoms with E-state index in [1.165, 1.54) is 25.1 Å². The SMILES string of the molecule is CC(NC(=O)C1CCN(S(=O)(=O)c2ccccc2F)CC1)C(=O)O. The fourth-order valence-corrected chi connectivity index (χ4v) is 4.08. The van der Waals surface area contributed by atoms with E-state index in [0.29, 0.717) is 0 Å². The highest BCUT2D eigenvalue weighted by Crippen LogP contribution is 2.25. The van der Waals surface area contributed by atoms with Crippen molar-refractivity contribution in [3.8, 4) is 0 Å². The maximum atomic E-state index is 13.7. The molecule has 1 aliphatic heterocycles. The molecule has 2 N–H and O–H groups in total. The number of carboxylic acids is 1. The first-order valence-electron chi connectivity index (χ1n) is 7.51. The van der Waals surface area contributed by atoms with E-state index in [0.717, 1.165) is 10.4 Å². The van der Waals surface area contributed by atoms with Crippen molar-refractivity contribution in [2.45, 2.75) is 30.7 Å². The van der Waals surface area contributed by atoms with E-state index in [1.54, 1.807) is 0 Å². The number of carbonyl (C=O) groups excluding carboxylic acids is 1. The summed E-state index contributed by atoms with van der Waals surface area (Å²) in [6.07, 6.45) is 0.512. The van der Waals surface area contributed by atoms with Crippen molar-refractivity contribution in [1.29, 1.82) is 0 Å². The Labute approximate surface area is 139 Å². The molecule has 1 heterocycles. The Kier molecular flexibility index (Phi) is 5.55. The van der Waals surface area contributed by atoms with Crippen LogP contribution in [0.1, 0.15) is 19.8 Å². The topological polar surface area (TPSA) is 104 Å². The standard InChI is InChI=1S/C15H19FN2O5S/c1-10(15(20)21)17-14(19)11-6-8-18(9-7-11)24(22,23)13-5-3-2-4-12(13)16/h2-5,10-11H,6-9H2,1H3,(H,17,19)(H,20,21). The molecule has 2 rings (SSSR count). The predicted molar refractivity (Wildman–Crippen MR) is 83.1 cm³/mol. The highest BCUT2D eigenvalue weighted by atomic mass is 32.2. The van der Waals surface area contributed by atoms with Gasteiger partial charge in [0.2, 0.25) is 15.9 Å². The van der Waals surface area contributed by atoms with Crippen LogP contribution in [0.4, 0.5) is 4.39 Å². The van der Waals surface area contributed by atoms with Crippen LogP contribution in [0.2, 0.25) is 0 Å². The monoisotopic (exact) mass is 358 g/mol. The lowest BCUT2D eigenvalue weighted by Gasteiger charge is -2.30. The first-order chi connectivity index (χ1) is 11.2. The molecule has 0 spiro atoms. The number of sulfonamides is 1. The Bertz CT molecular complexity index is 729. The Morgan fingerprint density at radius 2 is 1.88 bits per heavy atom. The van der Waals surface area contributed by atoms with Crippen LogP contribution in [0.25, 0.3) is 0 Å². The fourth-order valence-electron chi connectivity index (χ4n) is 2.54. The molecule has 1 aromatic rings. The normalized spacial score (nSPS) is 18.1. The number of nitrogens with zero attached hydrogens (tertiary/aromatic N) is 1. The van der Waals surface area contributed by atoms with E-state index in [-0.39, 0.29) is 30.8 Å². The second kappa shape index (κ2) is 7.27. The fraction of sp³-hybridized carbons (Fsp3) is 0.467. The van der Waals surface area contributed by atoms with Gasteiger partial charge in [-0.15, -0.1) is 0 Å². The first kappa shape index (κ1) is 18.3. The lowest BCUT2D eigenvalue weighted by atomic mass is 9.97. The second-order valence-electron chi connectivity index (χ2n) is 5.68. The van der Waals surface area contributed by atoms with E-state index >= 15 is 0 Å². The zero-order chi connectivity index (χ0) is 17.9. The van der Waals surface area contributed by atoms with Crippen molar-refractivity contribution < 1.29 is 27.5 Å². The van der Waals surface area contributed by atoms with E-state index < -0.39 is 39.7 Å². The number of aliphatic carboxylic acids is 1. The predicted octanol–water partition coefficient (Wildman–Crippen LogP) is 0.816. The molecule has 24 heavy (non-hydrogen) atoms. The molecule has 1 saturated heterocycles. The van der Waals surface area contributed by atoms with Crippen LogP contribution >= 0.6 is 0 Å². The van der Waals surface area contributed by atoms with Crippen molar-refractivity contribution in [1.82, 2.24) is 9.62 Å². The van der Waals surface area contributed by atoms with Gasteiger partial charge in [-0.2, -0.15) is 4.31 Å². The summed E-state index contributed by atoms with van der Waals surface area (Å²) in [5.74, 6) is -2.82. The zero-order valence-corrected chi connectivity index (χ0v) is 13.9. The molecule has 0 radical (unpaired) electrons. The quantitative estimate of drug-likeness (QED) is 0.811. The first-order valence-corrected chi connectivity index (χ1v) is 8.95. The molecule has 1 aromatic carbocycles. The highest BCUT2D eigenvalue weighted by molar-refractivity contribution is 7.89. The Morgan fingerprint density at radius 3 is 2.42 bits per heavy atom. The largest absolute Gasteiger partial charge is 0.480 e. The smallest absolute Gasteiger partial charge is 0.325 e. The third-order valence-electron chi connectivity index (χ3n) is 4.01. The number of rotatable bonds is 5. The van der Waals surface area contributed by atoms with Crippen LogP contribution in [-0.2, 0) is 19.6 Å². The molecule has 1 atom stereocenters. The molecule has 1 fully saturated rings. The number of carbonyl (C=O) groups is 2. The zero-order valence-electron chi connectivity index (χ0n) is 13.1. The third kappa shape index (κ3) is 3.90. The Balaban J connectivity index is 2.01. The van der Waals surface area contributed by atoms with Gasteiger partial charge in [0, 0.05) is 19.0 Å². The van der Waals surface area contributed by atoms with Crippen molar-refractivity contribution in [3.05, 3.63) is 30.1 Å². The molecule has 0 bridgehead atoms. The minimum atomic E-state index is -3.95. The number of hydrogen-bond acceptors (Lipinski definition) is 4. The van der Waals surface area contributed by atoms with Crippen LogP contribution in [0, 0.1) is 11.7 Å². The Morgan fingerprint density at radius 1 is 1.29 bits per heavy atom. The molecule has 1 unspecified atom stereocenters. The lowest BCUT2D eigenvalue weighted by molar-refractivity contribution is -0.142. The number of benzene rings is 1. The molecule has 7 nitrogen and oxygen atoms in total. The van der Waals surface area contributed by atoms with Crippen molar-refractivity contribution in [2.24, 2.45) is 5.92 Å². The summed E-state index contributed by atoms with van der Waals surface area (Å²) in [5, 5.41) is 11.2. The minimum absolute atomic E-state index is 0.0796. The number of halogens is 1. The number of hydrogen-bond donors (Lipinski definition) is 2. The third-order valence-corrected chi connectivity index (χ3v) is 5.94. The summed E-state index contributed by atoms with van der Waals surface area (Å²) >= 11 is 0. The average molecular weight is 358 g/mol. The summed E-state index contributed by atoms with van der Waals surface area (Å²) in [5.41, 5.74) is 0. The average Bonchev–Trinajstić information content (AvgIpc) is 2.55. The Hall–Kier alpha value is -2.00. The van der Waals surface area contributed by atoms with E-state index in [4.69, 9.17) is 5.11 Å². The maximum absolute atomic E-state index is 13.7. The molecule has 1 aliphatic rings. The van der Waals surface area contributed by atoms with E-state index in [2.05, 4.69) is 5.32 Å². The number of piperidine rings is 1. The minimum Gasteiger partial charge on any atom is -0.480 e. The summed E-state index contributed by atoms with van der Waals surface area (Å²) in [7, 11) is -3.95. The van der Waals surface area contributed by atoms with Gasteiger partial charge in [0.25, 0.3) is 0 Å². The van der Waals surface area contributed by atoms with Gasteiger partial charge in [-0.05, 0) is 31.9 Å². The molecule has 9 heteroatoms. The van der Waals surface area contributed by atoms with Crippen LogP contribution in [0.15, 0.2) is 29.2 Å². The van der Waals surface area contributed by atoms with E-state index in [1.807, 2.05) is 0 Å². The summed E-state index contributed by atoms with van der Waals surface area (Å²) in [4.78, 5) is 22.4. The van der Waals surface area contributed by atoms with Crippen molar-refractivity contribution in [3.63, 3.8) is 0 Å². The van der Waals surface area contributed by atoms with Crippen LogP contribution in [-0.4, -0.2) is 48.8 Å². The van der Waals surface area contributed by atoms with E-state index in [9.17, 15) is 22.4 Å². The van der Waals surface area contributed by atoms with Gasteiger partial charge < -0.3 is 10.4 Å². The van der Waals surface area contributed by atoms with Crippen LogP contribution < -0.4 is 5.32 Å². The summed E-state index contributed by atoms with van der Waals surface area (Å²) in [6, 6.07) is 4.15. The van der Waals surface area contributed by atoms with Gasteiger partial charge in [-0.1, -0.05) is 12.1 Å². The molecular formula is C15H19FN2O5S. The second-order valence-corrected chi connectivity index (χ2v) is 7.58. The highest BCUT2D eigenvalue weighted by Gasteiger charge is 2.34. The van der Waals surface area contributed by atoms with Crippen LogP contribution in [0.5, 0.6) is 0 Å². The van der Waals surface area contributed by atoms with Crippen molar-refractivity contribution >= 4 is 21.9 Å². The number of amides is 1. The number of carboxylic acid groups (broad SMARTS) is 1. The summed E-state index contributed by atoms with van der Waals surface area (Å²) in [6.45, 7) is 1.52. The molecule has 0 saturated carbocycles. The van der Waals surface area contributed by atoms with Gasteiger partial charge >= 0.3 is 5.97 Å². The molecular weight excluding hydrogens is 339 g/mol. The van der Waals surface area contributed by atoms with Gasteiger partial charge in [0.05, 0.1) is 0 Å². The van der Waals surface area contributed by atoms with Gasteiger partial charge in [-0.3, -0.25) is 9.59 Å². The maximum Gasteiger partial charge on any atom is 0.325 e.